The number of halogens is 4. The van der Waals surface area contributed by atoms with Gasteiger partial charge in [-0.2, -0.15) is 13.2 Å². The average molecular weight is 211 g/mol. The summed E-state index contributed by atoms with van der Waals surface area (Å²) in [5.74, 6) is 0. The monoisotopic (exact) mass is 210 g/mol. The van der Waals surface area contributed by atoms with Crippen molar-refractivity contribution in [3.63, 3.8) is 0 Å². The van der Waals surface area contributed by atoms with Crippen LogP contribution in [0.1, 0.15) is 11.6 Å². The summed E-state index contributed by atoms with van der Waals surface area (Å²) >= 11 is 5.48. The normalized spacial score (nSPS) is 14.2. The van der Waals surface area contributed by atoms with Crippen molar-refractivity contribution >= 4 is 11.6 Å². The summed E-state index contributed by atoms with van der Waals surface area (Å²) in [5.41, 5.74) is 4.77. The summed E-state index contributed by atoms with van der Waals surface area (Å²) < 4.78 is 36.3. The largest absolute Gasteiger partial charge is 0.407 e. The van der Waals surface area contributed by atoms with E-state index in [1.807, 2.05) is 0 Å². The van der Waals surface area contributed by atoms with E-state index in [0.29, 0.717) is 0 Å². The quantitative estimate of drug-likeness (QED) is 0.773. The molecule has 0 saturated heterocycles. The van der Waals surface area contributed by atoms with E-state index in [1.165, 1.54) is 6.20 Å². The highest BCUT2D eigenvalue weighted by atomic mass is 35.5. The predicted molar refractivity (Wildman–Crippen MR) is 42.2 cm³/mol. The Hall–Kier alpha value is -0.810. The van der Waals surface area contributed by atoms with Crippen LogP contribution in [0, 0.1) is 0 Å². The van der Waals surface area contributed by atoms with Gasteiger partial charge >= 0.3 is 6.18 Å². The highest BCUT2D eigenvalue weighted by Gasteiger charge is 2.38. The molecule has 0 aliphatic carbocycles. The van der Waals surface area contributed by atoms with Gasteiger partial charge in [0.2, 0.25) is 0 Å². The van der Waals surface area contributed by atoms with Gasteiger partial charge in [0.25, 0.3) is 0 Å². The molecular weight excluding hydrogens is 205 g/mol. The molecule has 1 rings (SSSR count). The van der Waals surface area contributed by atoms with Gasteiger partial charge in [0.1, 0.15) is 6.04 Å². The molecule has 2 N–H and O–H groups in total. The topological polar surface area (TPSA) is 38.9 Å². The third-order valence-electron chi connectivity index (χ3n) is 1.49. The summed E-state index contributed by atoms with van der Waals surface area (Å²) in [5, 5.41) is -0.0766. The van der Waals surface area contributed by atoms with Crippen LogP contribution in [-0.4, -0.2) is 11.2 Å². The van der Waals surface area contributed by atoms with E-state index >= 15 is 0 Å². The van der Waals surface area contributed by atoms with Crippen LogP contribution in [0.3, 0.4) is 0 Å². The zero-order valence-corrected chi connectivity index (χ0v) is 7.10. The number of alkyl halides is 3. The second-order valence-corrected chi connectivity index (χ2v) is 2.82. The second-order valence-electron chi connectivity index (χ2n) is 2.42. The third-order valence-corrected chi connectivity index (χ3v) is 1.81. The summed E-state index contributed by atoms with van der Waals surface area (Å²) in [4.78, 5) is 3.55. The number of pyridine rings is 1. The lowest BCUT2D eigenvalue weighted by Gasteiger charge is -2.16. The molecule has 0 bridgehead atoms. The maximum Gasteiger partial charge on any atom is 0.407 e. The molecule has 2 nitrogen and oxygen atoms in total. The van der Waals surface area contributed by atoms with Crippen LogP contribution in [0.2, 0.25) is 5.02 Å². The Morgan fingerprint density at radius 1 is 1.46 bits per heavy atom. The van der Waals surface area contributed by atoms with Crippen molar-refractivity contribution in [1.82, 2.24) is 4.98 Å². The molecule has 0 aliphatic heterocycles. The molecule has 0 saturated carbocycles. The first kappa shape index (κ1) is 10.3. The minimum Gasteiger partial charge on any atom is -0.316 e. The van der Waals surface area contributed by atoms with Crippen LogP contribution in [0.25, 0.3) is 0 Å². The molecule has 0 amide bonds. The van der Waals surface area contributed by atoms with E-state index < -0.39 is 12.2 Å². The lowest BCUT2D eigenvalue weighted by molar-refractivity contribution is -0.149. The Labute approximate surface area is 77.5 Å². The number of nitrogens with zero attached hydrogens (tertiary/aromatic N) is 1. The zero-order chi connectivity index (χ0) is 10.1. The molecule has 72 valence electrons. The minimum absolute atomic E-state index is 0.0766. The molecule has 0 spiro atoms. The molecule has 0 aliphatic rings. The molecule has 1 aromatic rings. The van der Waals surface area contributed by atoms with Crippen molar-refractivity contribution in [1.29, 1.82) is 0 Å². The highest BCUT2D eigenvalue weighted by molar-refractivity contribution is 6.31. The van der Waals surface area contributed by atoms with Crippen molar-refractivity contribution in [2.24, 2.45) is 5.73 Å². The molecule has 1 atom stereocenters. The Kier molecular flexibility index (Phi) is 2.77. The number of rotatable bonds is 1. The number of nitrogens with two attached hydrogens (primary N) is 1. The lowest BCUT2D eigenvalue weighted by Crippen LogP contribution is -2.28. The lowest BCUT2D eigenvalue weighted by atomic mass is 10.1. The zero-order valence-electron chi connectivity index (χ0n) is 6.35. The third kappa shape index (κ3) is 2.32. The fourth-order valence-corrected chi connectivity index (χ4v) is 1.05. The first-order valence-corrected chi connectivity index (χ1v) is 3.72. The van der Waals surface area contributed by atoms with E-state index in [4.69, 9.17) is 17.3 Å². The predicted octanol–water partition coefficient (Wildman–Crippen LogP) is 2.30. The van der Waals surface area contributed by atoms with Crippen LogP contribution in [0.5, 0.6) is 0 Å². The van der Waals surface area contributed by atoms with Gasteiger partial charge in [0.05, 0.1) is 5.02 Å². The molecule has 1 aromatic heterocycles. The van der Waals surface area contributed by atoms with E-state index in [0.717, 1.165) is 12.3 Å². The molecule has 0 radical (unpaired) electrons. The summed E-state index contributed by atoms with van der Waals surface area (Å²) in [7, 11) is 0. The van der Waals surface area contributed by atoms with Crippen LogP contribution in [0.4, 0.5) is 13.2 Å². The van der Waals surface area contributed by atoms with E-state index in [9.17, 15) is 13.2 Å². The fourth-order valence-electron chi connectivity index (χ4n) is 0.814. The minimum atomic E-state index is -4.48. The highest BCUT2D eigenvalue weighted by Crippen LogP contribution is 2.33. The molecule has 6 heteroatoms. The van der Waals surface area contributed by atoms with E-state index in [1.54, 1.807) is 0 Å². The maximum atomic E-state index is 12.1. The van der Waals surface area contributed by atoms with Gasteiger partial charge < -0.3 is 5.73 Å². The van der Waals surface area contributed by atoms with Crippen molar-refractivity contribution < 1.29 is 13.2 Å². The van der Waals surface area contributed by atoms with Gasteiger partial charge in [-0.05, 0) is 11.6 Å². The van der Waals surface area contributed by atoms with Crippen molar-refractivity contribution in [2.75, 3.05) is 0 Å². The number of aromatic nitrogens is 1. The molecule has 0 unspecified atom stereocenters. The summed E-state index contributed by atoms with van der Waals surface area (Å²) in [6.07, 6.45) is -2.14. The van der Waals surface area contributed by atoms with Gasteiger partial charge in [-0.3, -0.25) is 4.98 Å². The maximum absolute atomic E-state index is 12.1. The molecule has 0 fully saturated rings. The van der Waals surface area contributed by atoms with Gasteiger partial charge in [0.15, 0.2) is 0 Å². The standard InChI is InChI=1S/C7H6ClF3N2/c8-5-3-13-2-1-4(5)6(12)7(9,10)11/h1-3,6H,12H2/t6-/m0/s1. The number of hydrogen-bond acceptors (Lipinski definition) is 2. The Balaban J connectivity index is 3.02. The fraction of sp³-hybridized carbons (Fsp3) is 0.286. The van der Waals surface area contributed by atoms with Crippen molar-refractivity contribution in [3.05, 3.63) is 29.0 Å². The average Bonchev–Trinajstić information content (AvgIpc) is 2.02. The molecule has 13 heavy (non-hydrogen) atoms. The van der Waals surface area contributed by atoms with Crippen LogP contribution in [0.15, 0.2) is 18.5 Å². The molecule has 1 heterocycles. The SMILES string of the molecule is N[C@@H](c1ccncc1Cl)C(F)(F)F. The van der Waals surface area contributed by atoms with Crippen molar-refractivity contribution in [2.45, 2.75) is 12.2 Å². The van der Waals surface area contributed by atoms with Crippen LogP contribution in [-0.2, 0) is 0 Å². The van der Waals surface area contributed by atoms with Crippen LogP contribution < -0.4 is 5.73 Å². The van der Waals surface area contributed by atoms with Gasteiger partial charge in [0, 0.05) is 12.4 Å². The smallest absolute Gasteiger partial charge is 0.316 e. The summed E-state index contributed by atoms with van der Waals surface area (Å²) in [6.45, 7) is 0. The molecule has 0 aromatic carbocycles. The van der Waals surface area contributed by atoms with Gasteiger partial charge in [-0.15, -0.1) is 0 Å². The summed E-state index contributed by atoms with van der Waals surface area (Å²) in [6, 6.07) is -0.900. The first-order valence-electron chi connectivity index (χ1n) is 3.34. The van der Waals surface area contributed by atoms with Crippen molar-refractivity contribution in [3.8, 4) is 0 Å². The molecular formula is C7H6ClF3N2. The second kappa shape index (κ2) is 3.51. The number of hydrogen-bond donors (Lipinski definition) is 1. The van der Waals surface area contributed by atoms with Gasteiger partial charge in [-0.25, -0.2) is 0 Å². The first-order chi connectivity index (χ1) is 5.93. The van der Waals surface area contributed by atoms with Gasteiger partial charge in [-0.1, -0.05) is 11.6 Å². The Morgan fingerprint density at radius 2 is 2.08 bits per heavy atom. The Morgan fingerprint density at radius 3 is 2.54 bits per heavy atom. The Bertz CT molecular complexity index is 300. The van der Waals surface area contributed by atoms with E-state index in [2.05, 4.69) is 4.98 Å². The van der Waals surface area contributed by atoms with E-state index in [-0.39, 0.29) is 10.6 Å². The van der Waals surface area contributed by atoms with Crippen LogP contribution >= 0.6 is 11.6 Å².